The SMILES string of the molecule is O=C(c1c[nH]cc1-c1ccc(F)cc1)N1CCCNCC1. The van der Waals surface area contributed by atoms with Crippen molar-refractivity contribution in [3.05, 3.63) is 48.0 Å². The van der Waals surface area contributed by atoms with Crippen LogP contribution < -0.4 is 5.32 Å². The van der Waals surface area contributed by atoms with Crippen LogP contribution in [0.4, 0.5) is 4.39 Å². The molecule has 110 valence electrons. The zero-order valence-corrected chi connectivity index (χ0v) is 11.7. The van der Waals surface area contributed by atoms with Crippen LogP contribution in [-0.4, -0.2) is 42.0 Å². The molecule has 1 saturated heterocycles. The quantitative estimate of drug-likeness (QED) is 0.890. The second kappa shape index (κ2) is 6.10. The van der Waals surface area contributed by atoms with Crippen LogP contribution in [0.1, 0.15) is 16.8 Å². The van der Waals surface area contributed by atoms with E-state index >= 15 is 0 Å². The molecular formula is C16H18FN3O. The van der Waals surface area contributed by atoms with Gasteiger partial charge in [0.15, 0.2) is 0 Å². The van der Waals surface area contributed by atoms with Gasteiger partial charge < -0.3 is 15.2 Å². The monoisotopic (exact) mass is 287 g/mol. The third kappa shape index (κ3) is 2.97. The van der Waals surface area contributed by atoms with E-state index in [9.17, 15) is 9.18 Å². The Balaban J connectivity index is 1.87. The number of carbonyl (C=O) groups excluding carboxylic acids is 1. The maximum absolute atomic E-state index is 13.0. The normalized spacial score (nSPS) is 15.8. The second-order valence-corrected chi connectivity index (χ2v) is 5.19. The lowest BCUT2D eigenvalue weighted by Crippen LogP contribution is -2.34. The van der Waals surface area contributed by atoms with Crippen molar-refractivity contribution in [2.24, 2.45) is 0 Å². The number of halogens is 1. The summed E-state index contributed by atoms with van der Waals surface area (Å²) >= 11 is 0. The number of carbonyl (C=O) groups is 1. The van der Waals surface area contributed by atoms with Gasteiger partial charge in [-0.15, -0.1) is 0 Å². The van der Waals surface area contributed by atoms with Crippen molar-refractivity contribution in [1.82, 2.24) is 15.2 Å². The van der Waals surface area contributed by atoms with E-state index < -0.39 is 0 Å². The molecule has 2 heterocycles. The van der Waals surface area contributed by atoms with Crippen molar-refractivity contribution in [2.75, 3.05) is 26.2 Å². The number of nitrogens with zero attached hydrogens (tertiary/aromatic N) is 1. The van der Waals surface area contributed by atoms with Crippen LogP contribution in [0.5, 0.6) is 0 Å². The van der Waals surface area contributed by atoms with E-state index in [1.807, 2.05) is 4.90 Å². The molecule has 0 aliphatic carbocycles. The van der Waals surface area contributed by atoms with E-state index in [2.05, 4.69) is 10.3 Å². The highest BCUT2D eigenvalue weighted by Gasteiger charge is 2.21. The van der Waals surface area contributed by atoms with Gasteiger partial charge in [0.2, 0.25) is 0 Å². The predicted octanol–water partition coefficient (Wildman–Crippen LogP) is 2.26. The van der Waals surface area contributed by atoms with Crippen LogP contribution in [0.2, 0.25) is 0 Å². The van der Waals surface area contributed by atoms with E-state index in [1.165, 1.54) is 12.1 Å². The molecule has 0 bridgehead atoms. The van der Waals surface area contributed by atoms with E-state index in [4.69, 9.17) is 0 Å². The van der Waals surface area contributed by atoms with Crippen molar-refractivity contribution in [2.45, 2.75) is 6.42 Å². The molecule has 4 nitrogen and oxygen atoms in total. The molecule has 1 fully saturated rings. The molecule has 3 rings (SSSR count). The predicted molar refractivity (Wildman–Crippen MR) is 79.6 cm³/mol. The molecule has 21 heavy (non-hydrogen) atoms. The van der Waals surface area contributed by atoms with Gasteiger partial charge in [-0.3, -0.25) is 4.79 Å². The number of nitrogens with one attached hydrogen (secondary N) is 2. The third-order valence-corrected chi connectivity index (χ3v) is 3.76. The Morgan fingerprint density at radius 1 is 1.10 bits per heavy atom. The molecule has 0 radical (unpaired) electrons. The number of rotatable bonds is 2. The Morgan fingerprint density at radius 2 is 1.90 bits per heavy atom. The Hall–Kier alpha value is -2.14. The van der Waals surface area contributed by atoms with Crippen molar-refractivity contribution in [3.8, 4) is 11.1 Å². The number of H-pyrrole nitrogens is 1. The van der Waals surface area contributed by atoms with Crippen molar-refractivity contribution in [1.29, 1.82) is 0 Å². The highest BCUT2D eigenvalue weighted by molar-refractivity contribution is 6.00. The summed E-state index contributed by atoms with van der Waals surface area (Å²) in [5.41, 5.74) is 2.30. The molecule has 1 aromatic carbocycles. The Morgan fingerprint density at radius 3 is 2.71 bits per heavy atom. The van der Waals surface area contributed by atoms with Crippen molar-refractivity contribution >= 4 is 5.91 Å². The van der Waals surface area contributed by atoms with Crippen LogP contribution >= 0.6 is 0 Å². The summed E-state index contributed by atoms with van der Waals surface area (Å²) in [6.07, 6.45) is 4.47. The van der Waals surface area contributed by atoms with Gasteiger partial charge in [0, 0.05) is 37.6 Å². The lowest BCUT2D eigenvalue weighted by atomic mass is 10.0. The van der Waals surface area contributed by atoms with E-state index in [0.717, 1.165) is 37.2 Å². The first-order valence-corrected chi connectivity index (χ1v) is 7.18. The van der Waals surface area contributed by atoms with Crippen molar-refractivity contribution < 1.29 is 9.18 Å². The van der Waals surface area contributed by atoms with E-state index in [1.54, 1.807) is 24.5 Å². The summed E-state index contributed by atoms with van der Waals surface area (Å²) < 4.78 is 13.0. The summed E-state index contributed by atoms with van der Waals surface area (Å²) in [7, 11) is 0. The summed E-state index contributed by atoms with van der Waals surface area (Å²) in [4.78, 5) is 17.5. The molecule has 2 aromatic rings. The number of hydrogen-bond acceptors (Lipinski definition) is 2. The minimum atomic E-state index is -0.277. The molecule has 1 amide bonds. The molecule has 1 aromatic heterocycles. The van der Waals surface area contributed by atoms with Gasteiger partial charge in [0.05, 0.1) is 5.56 Å². The summed E-state index contributed by atoms with van der Waals surface area (Å²) in [6, 6.07) is 6.21. The zero-order valence-electron chi connectivity index (χ0n) is 11.7. The fraction of sp³-hybridized carbons (Fsp3) is 0.312. The minimum absolute atomic E-state index is 0.0271. The Kier molecular flexibility index (Phi) is 4.01. The van der Waals surface area contributed by atoms with Gasteiger partial charge in [0.1, 0.15) is 5.82 Å². The average molecular weight is 287 g/mol. The van der Waals surface area contributed by atoms with Gasteiger partial charge in [-0.05, 0) is 30.7 Å². The zero-order chi connectivity index (χ0) is 14.7. The number of aromatic amines is 1. The molecular weight excluding hydrogens is 269 g/mol. The van der Waals surface area contributed by atoms with Crippen LogP contribution in [0.25, 0.3) is 11.1 Å². The van der Waals surface area contributed by atoms with Gasteiger partial charge in [-0.2, -0.15) is 0 Å². The van der Waals surface area contributed by atoms with E-state index in [-0.39, 0.29) is 11.7 Å². The minimum Gasteiger partial charge on any atom is -0.366 e. The van der Waals surface area contributed by atoms with E-state index in [0.29, 0.717) is 12.1 Å². The topological polar surface area (TPSA) is 48.1 Å². The number of aromatic nitrogens is 1. The first-order chi connectivity index (χ1) is 10.3. The van der Waals surface area contributed by atoms with Crippen molar-refractivity contribution in [3.63, 3.8) is 0 Å². The van der Waals surface area contributed by atoms with Gasteiger partial charge in [0.25, 0.3) is 5.91 Å². The first-order valence-electron chi connectivity index (χ1n) is 7.18. The Labute approximate surface area is 123 Å². The summed E-state index contributed by atoms with van der Waals surface area (Å²) in [5.74, 6) is -0.250. The standard InChI is InChI=1S/C16H18FN3O/c17-13-4-2-12(3-5-13)14-10-19-11-15(14)16(21)20-8-1-6-18-7-9-20/h2-5,10-11,18-19H,1,6-9H2. The van der Waals surface area contributed by atoms with Crippen LogP contribution in [0.3, 0.4) is 0 Å². The Bertz CT molecular complexity index is 613. The van der Waals surface area contributed by atoms with Crippen LogP contribution in [-0.2, 0) is 0 Å². The maximum atomic E-state index is 13.0. The molecule has 2 N–H and O–H groups in total. The van der Waals surface area contributed by atoms with Crippen LogP contribution in [0, 0.1) is 5.82 Å². The maximum Gasteiger partial charge on any atom is 0.256 e. The molecule has 1 aliphatic heterocycles. The molecule has 5 heteroatoms. The number of benzene rings is 1. The second-order valence-electron chi connectivity index (χ2n) is 5.19. The number of hydrogen-bond donors (Lipinski definition) is 2. The molecule has 0 spiro atoms. The fourth-order valence-corrected chi connectivity index (χ4v) is 2.63. The molecule has 0 saturated carbocycles. The average Bonchev–Trinajstić information content (AvgIpc) is 2.82. The van der Waals surface area contributed by atoms with Crippen LogP contribution in [0.15, 0.2) is 36.7 Å². The first kappa shape index (κ1) is 13.8. The van der Waals surface area contributed by atoms with Gasteiger partial charge in [-0.25, -0.2) is 4.39 Å². The lowest BCUT2D eigenvalue weighted by Gasteiger charge is -2.20. The number of amides is 1. The fourth-order valence-electron chi connectivity index (χ4n) is 2.63. The van der Waals surface area contributed by atoms with Gasteiger partial charge in [-0.1, -0.05) is 12.1 Å². The third-order valence-electron chi connectivity index (χ3n) is 3.76. The molecule has 0 unspecified atom stereocenters. The molecule has 0 atom stereocenters. The summed E-state index contributed by atoms with van der Waals surface area (Å²) in [6.45, 7) is 3.25. The largest absolute Gasteiger partial charge is 0.366 e. The molecule has 1 aliphatic rings. The van der Waals surface area contributed by atoms with Gasteiger partial charge >= 0.3 is 0 Å². The lowest BCUT2D eigenvalue weighted by molar-refractivity contribution is 0.0767. The highest BCUT2D eigenvalue weighted by atomic mass is 19.1. The highest BCUT2D eigenvalue weighted by Crippen LogP contribution is 2.25. The smallest absolute Gasteiger partial charge is 0.256 e. The summed E-state index contributed by atoms with van der Waals surface area (Å²) in [5, 5.41) is 3.29.